The van der Waals surface area contributed by atoms with E-state index in [1.807, 2.05) is 54.7 Å². The number of nitriles is 1. The Morgan fingerprint density at radius 2 is 1.95 bits per heavy atom. The number of aromatic amines is 1. The minimum Gasteiger partial charge on any atom is -0.489 e. The van der Waals surface area contributed by atoms with Crippen molar-refractivity contribution in [1.29, 1.82) is 5.26 Å². The fourth-order valence-electron chi connectivity index (χ4n) is 2.22. The summed E-state index contributed by atoms with van der Waals surface area (Å²) >= 11 is 0. The van der Waals surface area contributed by atoms with Gasteiger partial charge < -0.3 is 9.72 Å². The monoisotopic (exact) mass is 262 g/mol. The molecule has 0 unspecified atom stereocenters. The Bertz CT molecular complexity index is 754. The number of nitrogens with one attached hydrogen (secondary N) is 1. The van der Waals surface area contributed by atoms with Crippen LogP contribution in [0.4, 0.5) is 0 Å². The van der Waals surface area contributed by atoms with Gasteiger partial charge in [0.05, 0.1) is 12.5 Å². The molecule has 3 heteroatoms. The first-order chi connectivity index (χ1) is 9.86. The van der Waals surface area contributed by atoms with Crippen molar-refractivity contribution in [3.63, 3.8) is 0 Å². The van der Waals surface area contributed by atoms with E-state index in [4.69, 9.17) is 10.00 Å². The molecule has 0 atom stereocenters. The van der Waals surface area contributed by atoms with Crippen LogP contribution < -0.4 is 4.74 Å². The van der Waals surface area contributed by atoms with Crippen LogP contribution in [0.15, 0.2) is 54.7 Å². The number of nitrogens with zero attached hydrogens (tertiary/aromatic N) is 1. The van der Waals surface area contributed by atoms with Crippen LogP contribution in [-0.4, -0.2) is 4.98 Å². The highest BCUT2D eigenvalue weighted by Gasteiger charge is 2.05. The molecule has 3 aromatic rings. The summed E-state index contributed by atoms with van der Waals surface area (Å²) in [4.78, 5) is 3.17. The number of hydrogen-bond acceptors (Lipinski definition) is 2. The largest absolute Gasteiger partial charge is 0.489 e. The normalized spacial score (nSPS) is 10.3. The lowest BCUT2D eigenvalue weighted by atomic mass is 10.1. The van der Waals surface area contributed by atoms with Crippen molar-refractivity contribution in [2.24, 2.45) is 0 Å². The van der Waals surface area contributed by atoms with Crippen molar-refractivity contribution in [2.45, 2.75) is 13.0 Å². The van der Waals surface area contributed by atoms with Crippen molar-refractivity contribution in [3.8, 4) is 11.8 Å². The van der Waals surface area contributed by atoms with Crippen LogP contribution in [0.25, 0.3) is 10.9 Å². The molecule has 1 heterocycles. The fourth-order valence-corrected chi connectivity index (χ4v) is 2.22. The zero-order valence-electron chi connectivity index (χ0n) is 11.0. The summed E-state index contributed by atoms with van der Waals surface area (Å²) in [6.07, 6.45) is 2.29. The molecule has 0 fully saturated rings. The van der Waals surface area contributed by atoms with E-state index < -0.39 is 0 Å². The molecule has 0 aliphatic rings. The van der Waals surface area contributed by atoms with Crippen molar-refractivity contribution in [3.05, 3.63) is 65.9 Å². The van der Waals surface area contributed by atoms with Gasteiger partial charge in [-0.25, -0.2) is 0 Å². The van der Waals surface area contributed by atoms with Crippen LogP contribution in [-0.2, 0) is 13.0 Å². The Morgan fingerprint density at radius 1 is 1.10 bits per heavy atom. The molecule has 0 saturated heterocycles. The summed E-state index contributed by atoms with van der Waals surface area (Å²) in [5, 5.41) is 9.88. The van der Waals surface area contributed by atoms with Crippen molar-refractivity contribution < 1.29 is 4.74 Å². The molecule has 0 bridgehead atoms. The first-order valence-corrected chi connectivity index (χ1v) is 6.50. The molecule has 0 aliphatic carbocycles. The van der Waals surface area contributed by atoms with Gasteiger partial charge in [-0.3, -0.25) is 0 Å². The molecule has 2 aromatic carbocycles. The molecule has 1 N–H and O–H groups in total. The minimum absolute atomic E-state index is 0.405. The summed E-state index contributed by atoms with van der Waals surface area (Å²) in [5.74, 6) is 0.820. The van der Waals surface area contributed by atoms with Crippen LogP contribution in [0, 0.1) is 11.3 Å². The third-order valence-electron chi connectivity index (χ3n) is 3.26. The number of benzene rings is 2. The van der Waals surface area contributed by atoms with Crippen LogP contribution in [0.2, 0.25) is 0 Å². The molecule has 20 heavy (non-hydrogen) atoms. The minimum atomic E-state index is 0.405. The summed E-state index contributed by atoms with van der Waals surface area (Å²) in [7, 11) is 0. The fraction of sp³-hybridized carbons (Fsp3) is 0.118. The number of H-pyrrole nitrogens is 1. The molecular formula is C17H14N2O. The zero-order valence-corrected chi connectivity index (χ0v) is 11.0. The van der Waals surface area contributed by atoms with Gasteiger partial charge in [0.25, 0.3) is 0 Å². The molecule has 0 saturated carbocycles. The average molecular weight is 262 g/mol. The van der Waals surface area contributed by atoms with Crippen molar-refractivity contribution in [1.82, 2.24) is 4.98 Å². The zero-order chi connectivity index (χ0) is 13.8. The maximum atomic E-state index is 8.82. The lowest BCUT2D eigenvalue weighted by molar-refractivity contribution is 0.306. The second kappa shape index (κ2) is 5.50. The third-order valence-corrected chi connectivity index (χ3v) is 3.26. The van der Waals surface area contributed by atoms with Gasteiger partial charge in [0.2, 0.25) is 0 Å². The highest BCUT2D eigenvalue weighted by Crippen LogP contribution is 2.24. The number of rotatable bonds is 4. The molecule has 0 spiro atoms. The topological polar surface area (TPSA) is 48.8 Å². The van der Waals surface area contributed by atoms with Crippen LogP contribution in [0.3, 0.4) is 0 Å². The smallest absolute Gasteiger partial charge is 0.120 e. The summed E-state index contributed by atoms with van der Waals surface area (Å²) in [5.41, 5.74) is 3.17. The quantitative estimate of drug-likeness (QED) is 0.777. The standard InChI is InChI=1S/C17H14N2O/c18-9-8-14-11-19-17-7-6-15(10-16(14)17)20-12-13-4-2-1-3-5-13/h1-7,10-11,19H,8,12H2. The second-order valence-corrected chi connectivity index (χ2v) is 4.63. The van der Waals surface area contributed by atoms with E-state index in [1.165, 1.54) is 0 Å². The first kappa shape index (κ1) is 12.3. The average Bonchev–Trinajstić information content (AvgIpc) is 2.89. The lowest BCUT2D eigenvalue weighted by Crippen LogP contribution is -1.94. The van der Waals surface area contributed by atoms with Crippen LogP contribution >= 0.6 is 0 Å². The van der Waals surface area contributed by atoms with E-state index in [9.17, 15) is 0 Å². The van der Waals surface area contributed by atoms with Crippen molar-refractivity contribution >= 4 is 10.9 Å². The molecule has 0 radical (unpaired) electrons. The summed E-state index contributed by atoms with van der Waals surface area (Å²) in [6, 6.07) is 18.2. The maximum Gasteiger partial charge on any atom is 0.120 e. The SMILES string of the molecule is N#CCc1c[nH]c2ccc(OCc3ccccc3)cc12. The van der Waals surface area contributed by atoms with E-state index in [0.717, 1.165) is 27.8 Å². The molecule has 0 amide bonds. The van der Waals surface area contributed by atoms with Crippen LogP contribution in [0.1, 0.15) is 11.1 Å². The Kier molecular flexibility index (Phi) is 3.38. The van der Waals surface area contributed by atoms with Gasteiger partial charge in [0, 0.05) is 17.1 Å². The molecule has 98 valence electrons. The van der Waals surface area contributed by atoms with Crippen LogP contribution in [0.5, 0.6) is 5.75 Å². The molecule has 3 rings (SSSR count). The van der Waals surface area contributed by atoms with E-state index in [2.05, 4.69) is 11.1 Å². The Hall–Kier alpha value is -2.73. The Morgan fingerprint density at radius 3 is 2.75 bits per heavy atom. The van der Waals surface area contributed by atoms with Crippen molar-refractivity contribution in [2.75, 3.05) is 0 Å². The molecular weight excluding hydrogens is 248 g/mol. The predicted octanol–water partition coefficient (Wildman–Crippen LogP) is 3.81. The summed E-state index contributed by atoms with van der Waals surface area (Å²) in [6.45, 7) is 0.546. The molecule has 1 aromatic heterocycles. The van der Waals surface area contributed by atoms with E-state index in [1.54, 1.807) is 0 Å². The van der Waals surface area contributed by atoms with Gasteiger partial charge in [0.1, 0.15) is 12.4 Å². The van der Waals surface area contributed by atoms with Gasteiger partial charge in [-0.05, 0) is 29.3 Å². The van der Waals surface area contributed by atoms with Gasteiger partial charge in [-0.2, -0.15) is 5.26 Å². The Labute approximate surface area is 117 Å². The van der Waals surface area contributed by atoms with E-state index in [-0.39, 0.29) is 0 Å². The number of hydrogen-bond donors (Lipinski definition) is 1. The van der Waals surface area contributed by atoms with Gasteiger partial charge in [-0.15, -0.1) is 0 Å². The predicted molar refractivity (Wildman–Crippen MR) is 78.4 cm³/mol. The first-order valence-electron chi connectivity index (χ1n) is 6.50. The highest BCUT2D eigenvalue weighted by atomic mass is 16.5. The third kappa shape index (κ3) is 2.50. The molecule has 3 nitrogen and oxygen atoms in total. The van der Waals surface area contributed by atoms with E-state index >= 15 is 0 Å². The molecule has 0 aliphatic heterocycles. The highest BCUT2D eigenvalue weighted by molar-refractivity contribution is 5.84. The van der Waals surface area contributed by atoms with Gasteiger partial charge in [0.15, 0.2) is 0 Å². The lowest BCUT2D eigenvalue weighted by Gasteiger charge is -2.06. The Balaban J connectivity index is 1.82. The maximum absolute atomic E-state index is 8.82. The number of aromatic nitrogens is 1. The second-order valence-electron chi connectivity index (χ2n) is 4.63. The van der Waals surface area contributed by atoms with Gasteiger partial charge >= 0.3 is 0 Å². The number of ether oxygens (including phenoxy) is 1. The summed E-state index contributed by atoms with van der Waals surface area (Å²) < 4.78 is 5.81. The number of fused-ring (bicyclic) bond motifs is 1. The van der Waals surface area contributed by atoms with Gasteiger partial charge in [-0.1, -0.05) is 30.3 Å². The van der Waals surface area contributed by atoms with E-state index in [0.29, 0.717) is 13.0 Å².